The highest BCUT2D eigenvalue weighted by molar-refractivity contribution is 5.86. The first kappa shape index (κ1) is 23.0. The average Bonchev–Trinajstić information content (AvgIpc) is 3.30. The molecule has 5 heteroatoms. The molecule has 1 unspecified atom stereocenters. The predicted octanol–water partition coefficient (Wildman–Crippen LogP) is 5.95. The minimum absolute atomic E-state index is 0.0583. The summed E-state index contributed by atoms with van der Waals surface area (Å²) >= 11 is 0. The zero-order chi connectivity index (χ0) is 24.1. The summed E-state index contributed by atoms with van der Waals surface area (Å²) in [6, 6.07) is 28.5. The summed E-state index contributed by atoms with van der Waals surface area (Å²) in [5.74, 6) is -0.339. The number of amides is 1. The Morgan fingerprint density at radius 1 is 0.943 bits per heavy atom. The number of anilines is 2. The molecule has 178 valence electrons. The topological polar surface area (TPSA) is 77.0 Å². The van der Waals surface area contributed by atoms with Crippen LogP contribution < -0.4 is 16.0 Å². The largest absolute Gasteiger partial charge is 0.357 e. The van der Waals surface area contributed by atoms with Crippen molar-refractivity contribution in [2.45, 2.75) is 56.7 Å². The molecule has 1 aliphatic carbocycles. The monoisotopic (exact) mass is 464 g/mol. The molecule has 0 saturated heterocycles. The summed E-state index contributed by atoms with van der Waals surface area (Å²) in [7, 11) is 0. The van der Waals surface area contributed by atoms with Crippen molar-refractivity contribution in [3.8, 4) is 6.07 Å². The van der Waals surface area contributed by atoms with Gasteiger partial charge < -0.3 is 16.0 Å². The molecular weight excluding hydrogens is 432 g/mol. The molecule has 0 radical (unpaired) electrons. The van der Waals surface area contributed by atoms with E-state index in [9.17, 15) is 10.1 Å². The number of rotatable bonds is 7. The van der Waals surface area contributed by atoms with Crippen LogP contribution in [0, 0.1) is 17.2 Å². The maximum atomic E-state index is 14.0. The van der Waals surface area contributed by atoms with E-state index < -0.39 is 11.6 Å². The zero-order valence-corrected chi connectivity index (χ0v) is 20.0. The molecule has 3 N–H and O–H groups in total. The van der Waals surface area contributed by atoms with E-state index in [4.69, 9.17) is 0 Å². The molecule has 1 heterocycles. The van der Waals surface area contributed by atoms with Crippen LogP contribution in [0.2, 0.25) is 0 Å². The molecule has 1 atom stereocenters. The van der Waals surface area contributed by atoms with Crippen molar-refractivity contribution in [3.05, 3.63) is 95.6 Å². The van der Waals surface area contributed by atoms with Gasteiger partial charge in [-0.05, 0) is 61.1 Å². The summed E-state index contributed by atoms with van der Waals surface area (Å²) in [5, 5.41) is 20.4. The fourth-order valence-electron chi connectivity index (χ4n) is 5.56. The molecule has 1 aliphatic heterocycles. The first-order valence-electron chi connectivity index (χ1n) is 12.7. The van der Waals surface area contributed by atoms with Gasteiger partial charge in [-0.2, -0.15) is 5.26 Å². The second-order valence-electron chi connectivity index (χ2n) is 9.72. The lowest BCUT2D eigenvalue weighted by molar-refractivity contribution is -0.127. The molecule has 3 aromatic rings. The van der Waals surface area contributed by atoms with Crippen molar-refractivity contribution < 1.29 is 4.79 Å². The van der Waals surface area contributed by atoms with Crippen LogP contribution in [-0.4, -0.2) is 11.9 Å². The number of nitrogens with zero attached hydrogens (tertiary/aromatic N) is 1. The molecule has 35 heavy (non-hydrogen) atoms. The smallest absolute Gasteiger partial charge is 0.228 e. The Bertz CT molecular complexity index is 1190. The lowest BCUT2D eigenvalue weighted by atomic mass is 9.80. The van der Waals surface area contributed by atoms with Crippen molar-refractivity contribution in [2.75, 3.05) is 10.6 Å². The lowest BCUT2D eigenvalue weighted by Gasteiger charge is -2.39. The number of carbonyl (C=O) groups excluding carboxylic acids is 1. The van der Waals surface area contributed by atoms with Gasteiger partial charge >= 0.3 is 0 Å². The van der Waals surface area contributed by atoms with E-state index >= 15 is 0 Å². The predicted molar refractivity (Wildman–Crippen MR) is 140 cm³/mol. The summed E-state index contributed by atoms with van der Waals surface area (Å²) in [5.41, 5.74) is 3.75. The van der Waals surface area contributed by atoms with E-state index in [1.807, 2.05) is 60.7 Å². The van der Waals surface area contributed by atoms with Gasteiger partial charge in [0.2, 0.25) is 5.91 Å². The second kappa shape index (κ2) is 10.2. The van der Waals surface area contributed by atoms with Crippen molar-refractivity contribution in [1.29, 1.82) is 5.26 Å². The highest BCUT2D eigenvalue weighted by atomic mass is 16.2. The number of nitrogens with one attached hydrogen (secondary N) is 3. The number of fused-ring (bicyclic) bond motifs is 1. The minimum Gasteiger partial charge on any atom is -0.357 e. The van der Waals surface area contributed by atoms with Gasteiger partial charge in [-0.15, -0.1) is 0 Å². The molecule has 0 bridgehead atoms. The molecule has 5 nitrogen and oxygen atoms in total. The van der Waals surface area contributed by atoms with Crippen LogP contribution in [-0.2, 0) is 16.9 Å². The van der Waals surface area contributed by atoms with Crippen molar-refractivity contribution in [3.63, 3.8) is 0 Å². The maximum absolute atomic E-state index is 14.0. The number of hydrogen-bond acceptors (Lipinski definition) is 4. The van der Waals surface area contributed by atoms with Crippen LogP contribution in [0.15, 0.2) is 78.9 Å². The Labute approximate surface area is 207 Å². The van der Waals surface area contributed by atoms with Gasteiger partial charge in [0.05, 0.1) is 28.9 Å². The molecular formula is C30H32N4O. The van der Waals surface area contributed by atoms with E-state index in [0.717, 1.165) is 49.0 Å². The van der Waals surface area contributed by atoms with Gasteiger partial charge in [0.1, 0.15) is 5.66 Å². The summed E-state index contributed by atoms with van der Waals surface area (Å²) in [4.78, 5) is 14.0. The van der Waals surface area contributed by atoms with E-state index in [0.29, 0.717) is 12.0 Å². The third kappa shape index (κ3) is 4.88. The molecule has 5 rings (SSSR count). The molecule has 1 saturated carbocycles. The molecule has 0 spiro atoms. The standard InChI is InChI=1S/C30H32N4O/c31-21-23-12-9-13-24(20-23)30(33-27-16-7-8-17-28(27)34-30)26(19-18-22-10-3-1-4-11-22)29(35)32-25-14-5-2-6-15-25/h1,3-4,7-13,16-17,20,25-26,33-34H,2,5-6,14-15,18-19H2,(H,32,35). The molecule has 3 aromatic carbocycles. The highest BCUT2D eigenvalue weighted by Crippen LogP contribution is 2.45. The average molecular weight is 465 g/mol. The normalized spacial score (nSPS) is 17.3. The van der Waals surface area contributed by atoms with Crippen LogP contribution in [0.3, 0.4) is 0 Å². The fraction of sp³-hybridized carbons (Fsp3) is 0.333. The number of para-hydroxylation sites is 2. The van der Waals surface area contributed by atoms with E-state index in [1.165, 1.54) is 12.0 Å². The highest BCUT2D eigenvalue weighted by Gasteiger charge is 2.48. The van der Waals surface area contributed by atoms with Gasteiger partial charge in [0, 0.05) is 6.04 Å². The molecule has 1 fully saturated rings. The summed E-state index contributed by atoms with van der Waals surface area (Å²) < 4.78 is 0. The van der Waals surface area contributed by atoms with Crippen LogP contribution in [0.5, 0.6) is 0 Å². The van der Waals surface area contributed by atoms with E-state index in [-0.39, 0.29) is 11.9 Å². The first-order chi connectivity index (χ1) is 17.2. The third-order valence-corrected chi connectivity index (χ3v) is 7.39. The van der Waals surface area contributed by atoms with Gasteiger partial charge in [-0.1, -0.05) is 73.9 Å². The van der Waals surface area contributed by atoms with Crippen molar-refractivity contribution in [2.24, 2.45) is 5.92 Å². The van der Waals surface area contributed by atoms with Gasteiger partial charge in [0.25, 0.3) is 0 Å². The van der Waals surface area contributed by atoms with E-state index in [1.54, 1.807) is 6.07 Å². The Balaban J connectivity index is 1.54. The summed E-state index contributed by atoms with van der Waals surface area (Å²) in [6.45, 7) is 0. The second-order valence-corrected chi connectivity index (χ2v) is 9.72. The van der Waals surface area contributed by atoms with Gasteiger partial charge in [0.15, 0.2) is 0 Å². The Morgan fingerprint density at radius 3 is 2.31 bits per heavy atom. The van der Waals surface area contributed by atoms with Crippen LogP contribution in [0.25, 0.3) is 0 Å². The Hall–Kier alpha value is -3.78. The van der Waals surface area contributed by atoms with Crippen LogP contribution >= 0.6 is 0 Å². The van der Waals surface area contributed by atoms with E-state index in [2.05, 4.69) is 34.2 Å². The van der Waals surface area contributed by atoms with Crippen molar-refractivity contribution >= 4 is 17.3 Å². The third-order valence-electron chi connectivity index (χ3n) is 7.39. The Morgan fingerprint density at radius 2 is 1.63 bits per heavy atom. The SMILES string of the molecule is N#Cc1cccc(C2(C(CCc3ccccc3)C(=O)NC3CCCCC3)Nc3ccccc3N2)c1. The number of aryl methyl sites for hydroxylation is 1. The Kier molecular flexibility index (Phi) is 6.72. The first-order valence-corrected chi connectivity index (χ1v) is 12.7. The number of hydrogen-bond donors (Lipinski definition) is 3. The number of carbonyl (C=O) groups is 1. The maximum Gasteiger partial charge on any atom is 0.228 e. The lowest BCUT2D eigenvalue weighted by Crippen LogP contribution is -2.54. The molecule has 1 amide bonds. The van der Waals surface area contributed by atoms with Crippen molar-refractivity contribution in [1.82, 2.24) is 5.32 Å². The number of benzene rings is 3. The van der Waals surface area contributed by atoms with Crippen LogP contribution in [0.1, 0.15) is 55.2 Å². The van der Waals surface area contributed by atoms with Gasteiger partial charge in [-0.25, -0.2) is 0 Å². The quantitative estimate of drug-likeness (QED) is 0.404. The summed E-state index contributed by atoms with van der Waals surface area (Å²) in [6.07, 6.45) is 7.08. The zero-order valence-electron chi connectivity index (χ0n) is 20.0. The number of nitriles is 1. The van der Waals surface area contributed by atoms with Gasteiger partial charge in [-0.3, -0.25) is 4.79 Å². The fourth-order valence-corrected chi connectivity index (χ4v) is 5.56. The molecule has 2 aliphatic rings. The van der Waals surface area contributed by atoms with Crippen LogP contribution in [0.4, 0.5) is 11.4 Å². The minimum atomic E-state index is -0.857. The molecule has 0 aromatic heterocycles.